The molecule has 1 heteroatoms. The van der Waals surface area contributed by atoms with Crippen LogP contribution in [-0.2, 0) is 4.79 Å². The first-order valence-corrected chi connectivity index (χ1v) is 6.43. The Hall–Kier alpha value is -0.850. The standard InChI is InChI=1S/C15H22O/c1-11(2)8-13-4-6-15(10-13)7-5-14(16)9-12(15)3/h5,7-8,11-12H,4,6,9-10H2,1-3H3. The van der Waals surface area contributed by atoms with Crippen LogP contribution in [0, 0.1) is 17.3 Å². The summed E-state index contributed by atoms with van der Waals surface area (Å²) in [6.45, 7) is 6.71. The highest BCUT2D eigenvalue weighted by Crippen LogP contribution is 2.50. The average Bonchev–Trinajstić information content (AvgIpc) is 2.57. The predicted molar refractivity (Wildman–Crippen MR) is 67.1 cm³/mol. The maximum atomic E-state index is 11.4. The molecule has 0 bridgehead atoms. The van der Waals surface area contributed by atoms with Gasteiger partial charge >= 0.3 is 0 Å². The van der Waals surface area contributed by atoms with Crippen LogP contribution in [0.2, 0.25) is 0 Å². The minimum Gasteiger partial charge on any atom is -0.295 e. The zero-order chi connectivity index (χ0) is 11.8. The fourth-order valence-corrected chi connectivity index (χ4v) is 3.17. The Morgan fingerprint density at radius 3 is 2.88 bits per heavy atom. The van der Waals surface area contributed by atoms with Crippen LogP contribution in [0.5, 0.6) is 0 Å². The highest BCUT2D eigenvalue weighted by Gasteiger charge is 2.41. The van der Waals surface area contributed by atoms with E-state index in [-0.39, 0.29) is 0 Å². The Morgan fingerprint density at radius 1 is 1.50 bits per heavy atom. The number of allylic oxidation sites excluding steroid dienone is 4. The van der Waals surface area contributed by atoms with E-state index in [1.165, 1.54) is 19.3 Å². The van der Waals surface area contributed by atoms with Crippen molar-refractivity contribution in [3.63, 3.8) is 0 Å². The smallest absolute Gasteiger partial charge is 0.155 e. The fourth-order valence-electron chi connectivity index (χ4n) is 3.17. The SMILES string of the molecule is CC(C)C=C1CCC2(C=CC(=O)CC2C)C1. The zero-order valence-corrected chi connectivity index (χ0v) is 10.6. The summed E-state index contributed by atoms with van der Waals surface area (Å²) < 4.78 is 0. The lowest BCUT2D eigenvalue weighted by Gasteiger charge is -2.34. The summed E-state index contributed by atoms with van der Waals surface area (Å²) in [6, 6.07) is 0. The van der Waals surface area contributed by atoms with Crippen molar-refractivity contribution in [2.45, 2.75) is 46.5 Å². The van der Waals surface area contributed by atoms with Crippen LogP contribution >= 0.6 is 0 Å². The lowest BCUT2D eigenvalue weighted by atomic mass is 9.69. The monoisotopic (exact) mass is 218 g/mol. The molecule has 0 aliphatic heterocycles. The van der Waals surface area contributed by atoms with E-state index in [0.29, 0.717) is 23.0 Å². The van der Waals surface area contributed by atoms with Gasteiger partial charge in [0.1, 0.15) is 0 Å². The molecule has 1 saturated carbocycles. The molecule has 2 unspecified atom stereocenters. The van der Waals surface area contributed by atoms with Gasteiger partial charge in [0.2, 0.25) is 0 Å². The van der Waals surface area contributed by atoms with Gasteiger partial charge in [0.25, 0.3) is 0 Å². The summed E-state index contributed by atoms with van der Waals surface area (Å²) in [7, 11) is 0. The number of ketones is 1. The second-order valence-electron chi connectivity index (χ2n) is 5.88. The van der Waals surface area contributed by atoms with Crippen molar-refractivity contribution < 1.29 is 4.79 Å². The molecular weight excluding hydrogens is 196 g/mol. The summed E-state index contributed by atoms with van der Waals surface area (Å²) >= 11 is 0. The van der Waals surface area contributed by atoms with E-state index in [0.717, 1.165) is 6.42 Å². The molecule has 0 N–H and O–H groups in total. The highest BCUT2D eigenvalue weighted by molar-refractivity contribution is 5.91. The van der Waals surface area contributed by atoms with Crippen molar-refractivity contribution in [2.75, 3.05) is 0 Å². The highest BCUT2D eigenvalue weighted by atomic mass is 16.1. The molecule has 0 amide bonds. The molecule has 0 saturated heterocycles. The molecule has 0 radical (unpaired) electrons. The van der Waals surface area contributed by atoms with Gasteiger partial charge in [-0.15, -0.1) is 0 Å². The molecule has 0 heterocycles. The molecule has 2 aliphatic rings. The summed E-state index contributed by atoms with van der Waals surface area (Å²) in [4.78, 5) is 11.4. The molecular formula is C15H22O. The van der Waals surface area contributed by atoms with E-state index >= 15 is 0 Å². The third kappa shape index (κ3) is 2.14. The molecule has 1 fully saturated rings. The van der Waals surface area contributed by atoms with Gasteiger partial charge in [0.15, 0.2) is 5.78 Å². The molecule has 2 rings (SSSR count). The Morgan fingerprint density at radius 2 is 2.25 bits per heavy atom. The van der Waals surface area contributed by atoms with E-state index in [2.05, 4.69) is 32.9 Å². The Balaban J connectivity index is 2.17. The Labute approximate surface area is 98.6 Å². The summed E-state index contributed by atoms with van der Waals surface area (Å²) in [5, 5.41) is 0. The van der Waals surface area contributed by atoms with Gasteiger partial charge in [-0.2, -0.15) is 0 Å². The van der Waals surface area contributed by atoms with Gasteiger partial charge in [-0.05, 0) is 42.6 Å². The summed E-state index contributed by atoms with van der Waals surface area (Å²) in [5.41, 5.74) is 1.90. The van der Waals surface area contributed by atoms with Crippen LogP contribution in [0.1, 0.15) is 46.5 Å². The molecule has 2 aliphatic carbocycles. The van der Waals surface area contributed by atoms with Crippen LogP contribution in [0.25, 0.3) is 0 Å². The lowest BCUT2D eigenvalue weighted by Crippen LogP contribution is -2.28. The maximum Gasteiger partial charge on any atom is 0.155 e. The van der Waals surface area contributed by atoms with Gasteiger partial charge in [-0.1, -0.05) is 38.5 Å². The van der Waals surface area contributed by atoms with Crippen LogP contribution in [-0.4, -0.2) is 5.78 Å². The van der Waals surface area contributed by atoms with Crippen LogP contribution < -0.4 is 0 Å². The van der Waals surface area contributed by atoms with E-state index in [1.807, 2.05) is 6.08 Å². The van der Waals surface area contributed by atoms with Gasteiger partial charge < -0.3 is 0 Å². The Bertz CT molecular complexity index is 348. The maximum absolute atomic E-state index is 11.4. The van der Waals surface area contributed by atoms with Crippen molar-refractivity contribution in [1.82, 2.24) is 0 Å². The first-order chi connectivity index (χ1) is 7.52. The lowest BCUT2D eigenvalue weighted by molar-refractivity contribution is -0.116. The topological polar surface area (TPSA) is 17.1 Å². The largest absolute Gasteiger partial charge is 0.295 e. The first kappa shape index (κ1) is 11.6. The number of hydrogen-bond donors (Lipinski definition) is 0. The normalized spacial score (nSPS) is 36.9. The van der Waals surface area contributed by atoms with Gasteiger partial charge in [0.05, 0.1) is 0 Å². The van der Waals surface area contributed by atoms with Crippen molar-refractivity contribution in [1.29, 1.82) is 0 Å². The van der Waals surface area contributed by atoms with E-state index in [9.17, 15) is 4.79 Å². The molecule has 1 nitrogen and oxygen atoms in total. The minimum absolute atomic E-state index is 0.300. The third-order valence-corrected chi connectivity index (χ3v) is 4.13. The van der Waals surface area contributed by atoms with Gasteiger partial charge in [-0.25, -0.2) is 0 Å². The second-order valence-corrected chi connectivity index (χ2v) is 5.88. The minimum atomic E-state index is 0.300. The molecule has 2 atom stereocenters. The number of carbonyl (C=O) groups excluding carboxylic acids is 1. The average molecular weight is 218 g/mol. The molecule has 16 heavy (non-hydrogen) atoms. The van der Waals surface area contributed by atoms with Gasteiger partial charge in [-0.3, -0.25) is 4.79 Å². The molecule has 1 spiro atoms. The van der Waals surface area contributed by atoms with E-state index in [4.69, 9.17) is 0 Å². The van der Waals surface area contributed by atoms with Crippen LogP contribution in [0.3, 0.4) is 0 Å². The van der Waals surface area contributed by atoms with Gasteiger partial charge in [0, 0.05) is 6.42 Å². The molecule has 0 aromatic carbocycles. The summed E-state index contributed by atoms with van der Waals surface area (Å²) in [5.74, 6) is 1.47. The van der Waals surface area contributed by atoms with Crippen LogP contribution in [0.4, 0.5) is 0 Å². The van der Waals surface area contributed by atoms with Crippen molar-refractivity contribution in [2.24, 2.45) is 17.3 Å². The van der Waals surface area contributed by atoms with E-state index < -0.39 is 0 Å². The molecule has 0 aromatic heterocycles. The zero-order valence-electron chi connectivity index (χ0n) is 10.6. The van der Waals surface area contributed by atoms with Crippen LogP contribution in [0.15, 0.2) is 23.8 Å². The Kier molecular flexibility index (Phi) is 3.05. The first-order valence-electron chi connectivity index (χ1n) is 6.43. The molecule has 88 valence electrons. The summed E-state index contributed by atoms with van der Waals surface area (Å²) in [6.07, 6.45) is 10.8. The fraction of sp³-hybridized carbons (Fsp3) is 0.667. The number of carbonyl (C=O) groups is 1. The van der Waals surface area contributed by atoms with E-state index in [1.54, 1.807) is 5.57 Å². The quantitative estimate of drug-likeness (QED) is 0.610. The second kappa shape index (κ2) is 4.20. The van der Waals surface area contributed by atoms with Crippen molar-refractivity contribution >= 4 is 5.78 Å². The number of rotatable bonds is 1. The number of hydrogen-bond acceptors (Lipinski definition) is 1. The molecule has 0 aromatic rings. The third-order valence-electron chi connectivity index (χ3n) is 4.13. The predicted octanol–water partition coefficient (Wildman–Crippen LogP) is 3.90. The van der Waals surface area contributed by atoms with Crippen molar-refractivity contribution in [3.05, 3.63) is 23.8 Å². The van der Waals surface area contributed by atoms with Crippen molar-refractivity contribution in [3.8, 4) is 0 Å².